The first-order valence-electron chi connectivity index (χ1n) is 5.11. The van der Waals surface area contributed by atoms with E-state index >= 15 is 0 Å². The molecule has 0 saturated heterocycles. The Kier molecular flexibility index (Phi) is 4.50. The first-order valence-corrected chi connectivity index (χ1v) is 6.33. The molecule has 0 heterocycles. The van der Waals surface area contributed by atoms with Gasteiger partial charge in [-0.05, 0) is 54.2 Å². The van der Waals surface area contributed by atoms with Crippen molar-refractivity contribution in [3.8, 4) is 0 Å². The largest absolute Gasteiger partial charge is 0.325 e. The third-order valence-electron chi connectivity index (χ3n) is 2.05. The van der Waals surface area contributed by atoms with E-state index in [0.717, 1.165) is 6.42 Å². The highest BCUT2D eigenvalue weighted by atomic mass is 32.2. The molecule has 0 rings (SSSR count). The predicted molar refractivity (Wildman–Crippen MR) is 67.7 cm³/mol. The normalized spacial score (nSPS) is 14.6. The van der Waals surface area contributed by atoms with E-state index in [2.05, 4.69) is 53.1 Å². The second-order valence-electron chi connectivity index (χ2n) is 5.89. The monoisotopic (exact) mass is 218 g/mol. The molecule has 14 heavy (non-hydrogen) atoms. The van der Waals surface area contributed by atoms with Gasteiger partial charge in [0.2, 0.25) is 0 Å². The molecule has 86 valence electrons. The fourth-order valence-electron chi connectivity index (χ4n) is 2.05. The molecule has 0 fully saturated rings. The molecule has 0 spiro atoms. The van der Waals surface area contributed by atoms with Crippen molar-refractivity contribution in [1.82, 2.24) is 5.32 Å². The summed E-state index contributed by atoms with van der Waals surface area (Å²) in [5.74, 6) is 0. The van der Waals surface area contributed by atoms with Crippen LogP contribution in [0.2, 0.25) is 0 Å². The summed E-state index contributed by atoms with van der Waals surface area (Å²) in [5, 5.41) is 3.62. The van der Waals surface area contributed by atoms with Gasteiger partial charge in [-0.25, -0.2) is 0 Å². The Bertz CT molecular complexity index is 180. The highest BCUT2D eigenvalue weighted by Gasteiger charge is 2.30. The van der Waals surface area contributed by atoms with Gasteiger partial charge < -0.3 is 5.73 Å². The predicted octanol–water partition coefficient (Wildman–Crippen LogP) is 2.58. The lowest BCUT2D eigenvalue weighted by atomic mass is 9.87. The molecule has 3 N–H and O–H groups in total. The van der Waals surface area contributed by atoms with Crippen LogP contribution in [0.1, 0.15) is 48.0 Å². The molecular weight excluding hydrogens is 192 g/mol. The van der Waals surface area contributed by atoms with E-state index in [-0.39, 0.29) is 15.9 Å². The van der Waals surface area contributed by atoms with E-state index in [1.54, 1.807) is 0 Å². The topological polar surface area (TPSA) is 38.0 Å². The molecule has 0 amide bonds. The lowest BCUT2D eigenvalue weighted by Gasteiger charge is -2.39. The summed E-state index contributed by atoms with van der Waals surface area (Å²) in [7, 11) is 0. The number of nitrogens with one attached hydrogen (secondary N) is 1. The van der Waals surface area contributed by atoms with E-state index in [0.29, 0.717) is 0 Å². The Morgan fingerprint density at radius 3 is 1.79 bits per heavy atom. The molecule has 0 aromatic rings. The Morgan fingerprint density at radius 2 is 1.50 bits per heavy atom. The molecule has 0 aromatic heterocycles. The molecule has 0 aliphatic rings. The quantitative estimate of drug-likeness (QED) is 0.697. The van der Waals surface area contributed by atoms with Crippen LogP contribution < -0.4 is 11.1 Å². The Morgan fingerprint density at radius 1 is 1.07 bits per heavy atom. The molecular formula is C11H26N2S. The SMILES string of the molecule is CSC(C)(C)NC(C)(C)CC(C)(C)N. The lowest BCUT2D eigenvalue weighted by Crippen LogP contribution is -2.54. The molecule has 0 aromatic carbocycles. The molecule has 2 nitrogen and oxygen atoms in total. The Labute approximate surface area is 93.4 Å². The summed E-state index contributed by atoms with van der Waals surface area (Å²) in [5.41, 5.74) is 5.99. The van der Waals surface area contributed by atoms with Gasteiger partial charge in [0, 0.05) is 11.1 Å². The molecule has 0 saturated carbocycles. The summed E-state index contributed by atoms with van der Waals surface area (Å²) >= 11 is 1.83. The second-order valence-corrected chi connectivity index (χ2v) is 7.32. The van der Waals surface area contributed by atoms with Crippen molar-refractivity contribution >= 4 is 11.8 Å². The molecule has 0 bridgehead atoms. The van der Waals surface area contributed by atoms with E-state index in [9.17, 15) is 0 Å². The van der Waals surface area contributed by atoms with Crippen LogP contribution in [-0.2, 0) is 0 Å². The zero-order valence-electron chi connectivity index (χ0n) is 10.7. The molecule has 0 radical (unpaired) electrons. The van der Waals surface area contributed by atoms with Crippen LogP contribution in [0.4, 0.5) is 0 Å². The van der Waals surface area contributed by atoms with Gasteiger partial charge in [0.1, 0.15) is 0 Å². The van der Waals surface area contributed by atoms with Crippen LogP contribution in [0.5, 0.6) is 0 Å². The van der Waals surface area contributed by atoms with E-state index in [4.69, 9.17) is 5.73 Å². The third-order valence-corrected chi connectivity index (χ3v) is 3.17. The third kappa shape index (κ3) is 6.68. The van der Waals surface area contributed by atoms with Crippen LogP contribution in [0, 0.1) is 0 Å². The standard InChI is InChI=1S/C11H26N2S/c1-9(2,12)8-10(3,4)13-11(5,6)14-7/h13H,8,12H2,1-7H3. The van der Waals surface area contributed by atoms with E-state index in [1.165, 1.54) is 0 Å². The minimum atomic E-state index is -0.120. The minimum Gasteiger partial charge on any atom is -0.325 e. The van der Waals surface area contributed by atoms with Crippen LogP contribution in [0.25, 0.3) is 0 Å². The summed E-state index contributed by atoms with van der Waals surface area (Å²) in [4.78, 5) is 0.106. The number of rotatable bonds is 5. The van der Waals surface area contributed by atoms with Gasteiger partial charge in [0.15, 0.2) is 0 Å². The average Bonchev–Trinajstić information content (AvgIpc) is 1.78. The number of thioether (sulfide) groups is 1. The fraction of sp³-hybridized carbons (Fsp3) is 1.00. The van der Waals surface area contributed by atoms with Crippen molar-refractivity contribution in [2.24, 2.45) is 5.73 Å². The van der Waals surface area contributed by atoms with Gasteiger partial charge in [0.25, 0.3) is 0 Å². The zero-order valence-corrected chi connectivity index (χ0v) is 11.5. The van der Waals surface area contributed by atoms with Crippen LogP contribution in [-0.4, -0.2) is 22.2 Å². The zero-order chi connectivity index (χ0) is 11.6. The molecule has 3 heteroatoms. The van der Waals surface area contributed by atoms with Crippen LogP contribution in [0.3, 0.4) is 0 Å². The maximum Gasteiger partial charge on any atom is 0.0589 e. The highest BCUT2D eigenvalue weighted by Crippen LogP contribution is 2.25. The van der Waals surface area contributed by atoms with Gasteiger partial charge >= 0.3 is 0 Å². The first-order chi connectivity index (χ1) is 5.97. The molecule has 0 aliphatic heterocycles. The van der Waals surface area contributed by atoms with Crippen molar-refractivity contribution in [2.45, 2.75) is 63.9 Å². The fourth-order valence-corrected chi connectivity index (χ4v) is 2.43. The van der Waals surface area contributed by atoms with Gasteiger partial charge in [-0.15, -0.1) is 11.8 Å². The Hall–Kier alpha value is 0.270. The van der Waals surface area contributed by atoms with Crippen LogP contribution >= 0.6 is 11.8 Å². The number of hydrogen-bond acceptors (Lipinski definition) is 3. The summed E-state index contributed by atoms with van der Waals surface area (Å²) in [6.45, 7) is 13.0. The van der Waals surface area contributed by atoms with E-state index in [1.807, 2.05) is 11.8 Å². The van der Waals surface area contributed by atoms with Crippen molar-refractivity contribution in [3.05, 3.63) is 0 Å². The van der Waals surface area contributed by atoms with Gasteiger partial charge in [-0.1, -0.05) is 0 Å². The average molecular weight is 218 g/mol. The van der Waals surface area contributed by atoms with E-state index < -0.39 is 0 Å². The summed E-state index contributed by atoms with van der Waals surface area (Å²) in [6.07, 6.45) is 3.08. The maximum atomic E-state index is 6.04. The lowest BCUT2D eigenvalue weighted by molar-refractivity contribution is 0.261. The second kappa shape index (κ2) is 4.42. The van der Waals surface area contributed by atoms with Crippen molar-refractivity contribution in [3.63, 3.8) is 0 Å². The number of hydrogen-bond donors (Lipinski definition) is 2. The van der Waals surface area contributed by atoms with Gasteiger partial charge in [-0.2, -0.15) is 0 Å². The molecule has 0 atom stereocenters. The van der Waals surface area contributed by atoms with Crippen LogP contribution in [0.15, 0.2) is 0 Å². The smallest absolute Gasteiger partial charge is 0.0589 e. The molecule has 0 unspecified atom stereocenters. The summed E-state index contributed by atoms with van der Waals surface area (Å²) < 4.78 is 0. The first kappa shape index (κ1) is 14.3. The Balaban J connectivity index is 4.35. The number of nitrogens with two attached hydrogens (primary N) is 1. The highest BCUT2D eigenvalue weighted by molar-refractivity contribution is 7.99. The summed E-state index contributed by atoms with van der Waals surface area (Å²) in [6, 6.07) is 0. The van der Waals surface area contributed by atoms with Crippen molar-refractivity contribution in [1.29, 1.82) is 0 Å². The minimum absolute atomic E-state index is 0.0742. The maximum absolute atomic E-state index is 6.04. The van der Waals surface area contributed by atoms with Gasteiger partial charge in [-0.3, -0.25) is 5.32 Å². The van der Waals surface area contributed by atoms with Gasteiger partial charge in [0.05, 0.1) is 4.87 Å². The van der Waals surface area contributed by atoms with Crippen molar-refractivity contribution < 1.29 is 0 Å². The van der Waals surface area contributed by atoms with Crippen molar-refractivity contribution in [2.75, 3.05) is 6.26 Å². The molecule has 0 aliphatic carbocycles.